The average Bonchev–Trinajstić information content (AvgIpc) is 2.77. The lowest BCUT2D eigenvalue weighted by molar-refractivity contribution is -0.186. The van der Waals surface area contributed by atoms with E-state index in [4.69, 9.17) is 0 Å². The summed E-state index contributed by atoms with van der Waals surface area (Å²) in [4.78, 5) is 12.8. The second-order valence-electron chi connectivity index (χ2n) is 3.53. The lowest BCUT2D eigenvalue weighted by Gasteiger charge is -2.09. The first-order valence-corrected chi connectivity index (χ1v) is 4.30. The zero-order valence-electron chi connectivity index (χ0n) is 7.97. The monoisotopic (exact) mass is 211 g/mol. The third kappa shape index (κ3) is 3.17. The van der Waals surface area contributed by atoms with Crippen molar-refractivity contribution in [2.75, 3.05) is 13.2 Å². The van der Waals surface area contributed by atoms with Crippen LogP contribution in [0.25, 0.3) is 0 Å². The minimum absolute atomic E-state index is 0.165. The van der Waals surface area contributed by atoms with Crippen LogP contribution in [0.5, 0.6) is 0 Å². The molecule has 82 valence electrons. The number of carbonyl (C=O) groups is 1. The summed E-state index contributed by atoms with van der Waals surface area (Å²) in [7, 11) is 0. The van der Waals surface area contributed by atoms with E-state index in [0.29, 0.717) is 6.54 Å². The summed E-state index contributed by atoms with van der Waals surface area (Å²) in [5, 5.41) is 0. The fourth-order valence-corrected chi connectivity index (χ4v) is 1.18. The molecule has 1 fully saturated rings. The molecule has 14 heavy (non-hydrogen) atoms. The zero-order valence-corrected chi connectivity index (χ0v) is 7.97. The lowest BCUT2D eigenvalue weighted by Crippen LogP contribution is -2.25. The summed E-state index contributed by atoms with van der Waals surface area (Å²) in [6, 6.07) is -0.309. The molecule has 1 aliphatic rings. The Kier molecular flexibility index (Phi) is 3.04. The molecule has 0 aromatic rings. The van der Waals surface area contributed by atoms with Crippen molar-refractivity contribution in [2.45, 2.75) is 32.1 Å². The molecular formula is C8H12F3NO2. The van der Waals surface area contributed by atoms with Crippen LogP contribution in [0.4, 0.5) is 13.2 Å². The maximum absolute atomic E-state index is 11.7. The van der Waals surface area contributed by atoms with E-state index in [1.165, 1.54) is 0 Å². The molecule has 2 atom stereocenters. The smallest absolute Gasteiger partial charge is 0.422 e. The van der Waals surface area contributed by atoms with Gasteiger partial charge in [0.1, 0.15) is 6.04 Å². The van der Waals surface area contributed by atoms with Crippen molar-refractivity contribution in [1.82, 2.24) is 4.90 Å². The molecule has 0 amide bonds. The Morgan fingerprint density at radius 3 is 2.50 bits per heavy atom. The molecule has 6 heteroatoms. The van der Waals surface area contributed by atoms with Gasteiger partial charge in [-0.25, -0.2) is 0 Å². The molecule has 1 heterocycles. The van der Waals surface area contributed by atoms with Crippen LogP contribution in [0.3, 0.4) is 0 Å². The summed E-state index contributed by atoms with van der Waals surface area (Å²) in [6.45, 7) is 2.75. The summed E-state index contributed by atoms with van der Waals surface area (Å²) in [5.41, 5.74) is 0. The van der Waals surface area contributed by atoms with Crippen LogP contribution in [0.1, 0.15) is 13.8 Å². The predicted molar refractivity (Wildman–Crippen MR) is 42.6 cm³/mol. The summed E-state index contributed by atoms with van der Waals surface area (Å²) < 4.78 is 39.1. The van der Waals surface area contributed by atoms with E-state index in [1.807, 2.05) is 13.8 Å². The van der Waals surface area contributed by atoms with Gasteiger partial charge in [0.05, 0.1) is 0 Å². The van der Waals surface area contributed by atoms with E-state index in [1.54, 1.807) is 4.90 Å². The zero-order chi connectivity index (χ0) is 10.9. The number of hydrogen-bond donors (Lipinski definition) is 0. The Morgan fingerprint density at radius 1 is 1.57 bits per heavy atom. The Bertz CT molecular complexity index is 227. The number of hydrogen-bond acceptors (Lipinski definition) is 3. The summed E-state index contributed by atoms with van der Waals surface area (Å²) in [6.07, 6.45) is -4.44. The molecule has 1 rings (SSSR count). The number of esters is 1. The first-order valence-electron chi connectivity index (χ1n) is 4.30. The van der Waals surface area contributed by atoms with Gasteiger partial charge in [0.15, 0.2) is 6.61 Å². The molecule has 0 saturated carbocycles. The fourth-order valence-electron chi connectivity index (χ4n) is 1.18. The predicted octanol–water partition coefficient (Wildman–Crippen LogP) is 1.18. The van der Waals surface area contributed by atoms with Gasteiger partial charge in [-0.15, -0.1) is 0 Å². The van der Waals surface area contributed by atoms with Gasteiger partial charge in [-0.3, -0.25) is 9.69 Å². The van der Waals surface area contributed by atoms with Gasteiger partial charge in [0.25, 0.3) is 0 Å². The van der Waals surface area contributed by atoms with Crippen LogP contribution in [0.2, 0.25) is 0 Å². The second-order valence-corrected chi connectivity index (χ2v) is 3.53. The number of carbonyl (C=O) groups excluding carboxylic acids is 1. The summed E-state index contributed by atoms with van der Waals surface area (Å²) >= 11 is 0. The van der Waals surface area contributed by atoms with Crippen LogP contribution < -0.4 is 0 Å². The van der Waals surface area contributed by atoms with Crippen LogP contribution in [0, 0.1) is 0 Å². The van der Waals surface area contributed by atoms with Crippen molar-refractivity contribution < 1.29 is 22.7 Å². The lowest BCUT2D eigenvalue weighted by atomic mass is 10.4. The summed E-state index contributed by atoms with van der Waals surface area (Å²) in [5.74, 6) is -0.781. The van der Waals surface area contributed by atoms with Crippen LogP contribution in [-0.4, -0.2) is 42.3 Å². The molecule has 0 aromatic heterocycles. The van der Waals surface area contributed by atoms with Crippen molar-refractivity contribution in [3.63, 3.8) is 0 Å². The Morgan fingerprint density at radius 2 is 2.14 bits per heavy atom. The maximum atomic E-state index is 11.7. The van der Waals surface area contributed by atoms with Crippen molar-refractivity contribution in [3.8, 4) is 0 Å². The minimum atomic E-state index is -4.44. The number of halogens is 3. The van der Waals surface area contributed by atoms with Crippen LogP contribution in [-0.2, 0) is 9.53 Å². The standard InChI is InChI=1S/C8H12F3NO2/c1-5(2)12-3-6(12)7(13)14-4-8(9,10)11/h5-6H,3-4H2,1-2H3. The topological polar surface area (TPSA) is 29.3 Å². The van der Waals surface area contributed by atoms with Crippen molar-refractivity contribution >= 4 is 5.97 Å². The second kappa shape index (κ2) is 3.76. The highest BCUT2D eigenvalue weighted by atomic mass is 19.4. The SMILES string of the molecule is CC(C)N1CC1C(=O)OCC(F)(F)F. The first-order chi connectivity index (χ1) is 6.31. The highest BCUT2D eigenvalue weighted by molar-refractivity contribution is 5.79. The van der Waals surface area contributed by atoms with E-state index in [2.05, 4.69) is 4.74 Å². The Labute approximate surface area is 79.8 Å². The van der Waals surface area contributed by atoms with Gasteiger partial charge in [-0.05, 0) is 13.8 Å². The molecule has 1 saturated heterocycles. The molecular weight excluding hydrogens is 199 g/mol. The molecule has 1 aliphatic heterocycles. The third-order valence-corrected chi connectivity index (χ3v) is 1.96. The van der Waals surface area contributed by atoms with Gasteiger partial charge in [-0.1, -0.05) is 0 Å². The number of alkyl halides is 3. The number of ether oxygens (including phenoxy) is 1. The molecule has 0 aromatic carbocycles. The van der Waals surface area contributed by atoms with E-state index in [0.717, 1.165) is 0 Å². The highest BCUT2D eigenvalue weighted by Gasteiger charge is 2.44. The van der Waals surface area contributed by atoms with Gasteiger partial charge in [-0.2, -0.15) is 13.2 Å². The molecule has 0 aliphatic carbocycles. The first kappa shape index (κ1) is 11.3. The quantitative estimate of drug-likeness (QED) is 0.518. The largest absolute Gasteiger partial charge is 0.455 e. The molecule has 0 radical (unpaired) electrons. The number of nitrogens with zero attached hydrogens (tertiary/aromatic N) is 1. The van der Waals surface area contributed by atoms with E-state index in [-0.39, 0.29) is 6.04 Å². The van der Waals surface area contributed by atoms with Crippen molar-refractivity contribution in [2.24, 2.45) is 0 Å². The van der Waals surface area contributed by atoms with Gasteiger partial charge in [0.2, 0.25) is 0 Å². The van der Waals surface area contributed by atoms with Crippen molar-refractivity contribution in [3.05, 3.63) is 0 Å². The van der Waals surface area contributed by atoms with E-state index >= 15 is 0 Å². The maximum Gasteiger partial charge on any atom is 0.422 e. The van der Waals surface area contributed by atoms with Gasteiger partial charge >= 0.3 is 12.1 Å². The van der Waals surface area contributed by atoms with E-state index in [9.17, 15) is 18.0 Å². The van der Waals surface area contributed by atoms with Gasteiger partial charge < -0.3 is 4.74 Å². The van der Waals surface area contributed by atoms with Crippen molar-refractivity contribution in [1.29, 1.82) is 0 Å². The van der Waals surface area contributed by atoms with Crippen LogP contribution in [0.15, 0.2) is 0 Å². The number of rotatable bonds is 3. The molecule has 2 unspecified atom stereocenters. The molecule has 0 bridgehead atoms. The highest BCUT2D eigenvalue weighted by Crippen LogP contribution is 2.23. The third-order valence-electron chi connectivity index (χ3n) is 1.96. The fraction of sp³-hybridized carbons (Fsp3) is 0.875. The average molecular weight is 211 g/mol. The van der Waals surface area contributed by atoms with Crippen LogP contribution >= 0.6 is 0 Å². The Balaban J connectivity index is 2.25. The van der Waals surface area contributed by atoms with Gasteiger partial charge in [0, 0.05) is 12.6 Å². The van der Waals surface area contributed by atoms with E-state index < -0.39 is 24.8 Å². The molecule has 0 spiro atoms. The Hall–Kier alpha value is -0.780. The minimum Gasteiger partial charge on any atom is -0.455 e. The normalized spacial score (nSPS) is 26.4. The molecule has 0 N–H and O–H groups in total. The molecule has 3 nitrogen and oxygen atoms in total.